The maximum absolute atomic E-state index is 13.3. The van der Waals surface area contributed by atoms with Crippen LogP contribution in [-0.2, 0) is 4.79 Å². The quantitative estimate of drug-likeness (QED) is 0.913. The zero-order valence-electron chi connectivity index (χ0n) is 11.0. The largest absolute Gasteiger partial charge is 0.317 e. The number of rotatable bonds is 3. The number of hydrogen-bond donors (Lipinski definition) is 1. The molecule has 1 fully saturated rings. The molecule has 1 aromatic rings. The molecule has 0 spiro atoms. The van der Waals surface area contributed by atoms with E-state index in [1.54, 1.807) is 11.8 Å². The average molecular weight is 268 g/mol. The van der Waals surface area contributed by atoms with Gasteiger partial charge in [0.05, 0.1) is 0 Å². The molecule has 1 aliphatic rings. The fourth-order valence-electron chi connectivity index (χ4n) is 2.43. The Labute approximate surface area is 111 Å². The summed E-state index contributed by atoms with van der Waals surface area (Å²) in [5.74, 6) is -1.86. The molecule has 2 rings (SSSR count). The molecule has 1 aromatic carbocycles. The molecule has 1 aliphatic heterocycles. The van der Waals surface area contributed by atoms with Gasteiger partial charge in [0.15, 0.2) is 11.6 Å². The number of carbonyl (C=O) groups excluding carboxylic acids is 1. The normalized spacial score (nSPS) is 16.4. The molecule has 0 aliphatic carbocycles. The summed E-state index contributed by atoms with van der Waals surface area (Å²) < 4.78 is 26.3. The molecule has 104 valence electrons. The molecule has 5 heteroatoms. The molecule has 1 amide bonds. The molecule has 1 heterocycles. The van der Waals surface area contributed by atoms with Gasteiger partial charge in [-0.2, -0.15) is 0 Å². The second kappa shape index (κ2) is 6.10. The zero-order valence-corrected chi connectivity index (χ0v) is 11.0. The Morgan fingerprint density at radius 1 is 1.32 bits per heavy atom. The lowest BCUT2D eigenvalue weighted by Gasteiger charge is -2.34. The van der Waals surface area contributed by atoms with Crippen LogP contribution in [0.25, 0.3) is 0 Å². The summed E-state index contributed by atoms with van der Waals surface area (Å²) in [5, 5.41) is 3.23. The highest BCUT2D eigenvalue weighted by molar-refractivity contribution is 5.93. The van der Waals surface area contributed by atoms with Crippen LogP contribution in [0.2, 0.25) is 0 Å². The third-order valence-corrected chi connectivity index (χ3v) is 3.43. The number of nitrogens with zero attached hydrogens (tertiary/aromatic N) is 1. The van der Waals surface area contributed by atoms with Gasteiger partial charge >= 0.3 is 0 Å². The third-order valence-electron chi connectivity index (χ3n) is 3.43. The van der Waals surface area contributed by atoms with E-state index in [2.05, 4.69) is 5.32 Å². The van der Waals surface area contributed by atoms with Gasteiger partial charge in [0.25, 0.3) is 0 Å². The van der Waals surface area contributed by atoms with Gasteiger partial charge in [-0.25, -0.2) is 8.78 Å². The monoisotopic (exact) mass is 268 g/mol. The number of halogens is 2. The number of hydrogen-bond acceptors (Lipinski definition) is 2. The van der Waals surface area contributed by atoms with E-state index in [1.165, 1.54) is 6.07 Å². The molecule has 0 bridgehead atoms. The topological polar surface area (TPSA) is 32.3 Å². The number of anilines is 1. The van der Waals surface area contributed by atoms with Gasteiger partial charge < -0.3 is 10.2 Å². The van der Waals surface area contributed by atoms with Gasteiger partial charge in [0.1, 0.15) is 0 Å². The Morgan fingerprint density at radius 3 is 2.58 bits per heavy atom. The summed E-state index contributed by atoms with van der Waals surface area (Å²) in [6, 6.07) is 3.69. The van der Waals surface area contributed by atoms with Gasteiger partial charge in [0, 0.05) is 24.2 Å². The van der Waals surface area contributed by atoms with E-state index >= 15 is 0 Å². The van der Waals surface area contributed by atoms with E-state index in [1.807, 2.05) is 0 Å². The minimum absolute atomic E-state index is 0.0542. The van der Waals surface area contributed by atoms with E-state index in [-0.39, 0.29) is 11.9 Å². The Bertz CT molecular complexity index is 459. The van der Waals surface area contributed by atoms with Crippen molar-refractivity contribution >= 4 is 11.6 Å². The number of carbonyl (C=O) groups is 1. The van der Waals surface area contributed by atoms with Gasteiger partial charge in [-0.15, -0.1) is 0 Å². The fourth-order valence-corrected chi connectivity index (χ4v) is 2.43. The molecular formula is C14H18F2N2O. The van der Waals surface area contributed by atoms with Gasteiger partial charge in [0.2, 0.25) is 5.91 Å². The van der Waals surface area contributed by atoms with Crippen molar-refractivity contribution < 1.29 is 13.6 Å². The second-order valence-electron chi connectivity index (χ2n) is 4.70. The summed E-state index contributed by atoms with van der Waals surface area (Å²) in [6.07, 6.45) is 2.00. The van der Waals surface area contributed by atoms with Crippen LogP contribution in [0.3, 0.4) is 0 Å². The summed E-state index contributed by atoms with van der Waals surface area (Å²) in [5.41, 5.74) is 0.442. The summed E-state index contributed by atoms with van der Waals surface area (Å²) in [4.78, 5) is 13.7. The molecule has 3 nitrogen and oxygen atoms in total. The highest BCUT2D eigenvalue weighted by Crippen LogP contribution is 2.24. The highest BCUT2D eigenvalue weighted by Gasteiger charge is 2.26. The number of nitrogens with one attached hydrogen (secondary N) is 1. The maximum Gasteiger partial charge on any atom is 0.226 e. The predicted octanol–water partition coefficient (Wildman–Crippen LogP) is 2.46. The van der Waals surface area contributed by atoms with Crippen LogP contribution in [0, 0.1) is 11.6 Å². The first-order chi connectivity index (χ1) is 9.13. The van der Waals surface area contributed by atoms with Gasteiger partial charge in [-0.3, -0.25) is 4.79 Å². The maximum atomic E-state index is 13.3. The molecule has 19 heavy (non-hydrogen) atoms. The van der Waals surface area contributed by atoms with E-state index in [9.17, 15) is 13.6 Å². The molecule has 0 atom stereocenters. The minimum Gasteiger partial charge on any atom is -0.317 e. The van der Waals surface area contributed by atoms with Crippen molar-refractivity contribution in [1.82, 2.24) is 5.32 Å². The van der Waals surface area contributed by atoms with Gasteiger partial charge in [-0.05, 0) is 38.1 Å². The zero-order chi connectivity index (χ0) is 13.8. The Kier molecular flexibility index (Phi) is 4.47. The van der Waals surface area contributed by atoms with Crippen LogP contribution in [0.4, 0.5) is 14.5 Å². The van der Waals surface area contributed by atoms with E-state index < -0.39 is 11.6 Å². The smallest absolute Gasteiger partial charge is 0.226 e. The van der Waals surface area contributed by atoms with Gasteiger partial charge in [-0.1, -0.05) is 6.92 Å². The summed E-state index contributed by atoms with van der Waals surface area (Å²) in [7, 11) is 0. The van der Waals surface area contributed by atoms with Crippen molar-refractivity contribution in [2.24, 2.45) is 0 Å². The van der Waals surface area contributed by atoms with E-state index in [0.29, 0.717) is 12.1 Å². The lowest BCUT2D eigenvalue weighted by atomic mass is 10.0. The molecule has 0 aromatic heterocycles. The van der Waals surface area contributed by atoms with Crippen LogP contribution in [0.5, 0.6) is 0 Å². The molecule has 1 saturated heterocycles. The standard InChI is InChI=1S/C14H18F2N2O/c1-2-14(19)18(10-5-7-17-8-6-10)11-3-4-12(15)13(16)9-11/h3-4,9-10,17H,2,5-8H2,1H3. The first-order valence-corrected chi connectivity index (χ1v) is 6.61. The van der Waals surface area contributed by atoms with Crippen molar-refractivity contribution in [2.45, 2.75) is 32.2 Å². The number of benzene rings is 1. The van der Waals surface area contributed by atoms with Crippen LogP contribution in [0.15, 0.2) is 18.2 Å². The number of amides is 1. The van der Waals surface area contributed by atoms with Crippen molar-refractivity contribution in [2.75, 3.05) is 18.0 Å². The van der Waals surface area contributed by atoms with Crippen LogP contribution in [-0.4, -0.2) is 25.0 Å². The second-order valence-corrected chi connectivity index (χ2v) is 4.70. The molecule has 0 radical (unpaired) electrons. The van der Waals surface area contributed by atoms with Crippen LogP contribution < -0.4 is 10.2 Å². The summed E-state index contributed by atoms with van der Waals surface area (Å²) in [6.45, 7) is 3.44. The van der Waals surface area contributed by atoms with E-state index in [0.717, 1.165) is 38.1 Å². The van der Waals surface area contributed by atoms with Crippen LogP contribution in [0.1, 0.15) is 26.2 Å². The van der Waals surface area contributed by atoms with Crippen LogP contribution >= 0.6 is 0 Å². The predicted molar refractivity (Wildman–Crippen MR) is 70.0 cm³/mol. The Morgan fingerprint density at radius 2 is 2.00 bits per heavy atom. The number of piperidine rings is 1. The van der Waals surface area contributed by atoms with Crippen molar-refractivity contribution in [3.05, 3.63) is 29.8 Å². The summed E-state index contributed by atoms with van der Waals surface area (Å²) >= 11 is 0. The van der Waals surface area contributed by atoms with Crippen molar-refractivity contribution in [3.8, 4) is 0 Å². The fraction of sp³-hybridized carbons (Fsp3) is 0.500. The molecule has 1 N–H and O–H groups in total. The SMILES string of the molecule is CCC(=O)N(c1ccc(F)c(F)c1)C1CCNCC1. The first kappa shape index (κ1) is 13.9. The average Bonchev–Trinajstić information content (AvgIpc) is 2.44. The molecule has 0 saturated carbocycles. The molecular weight excluding hydrogens is 250 g/mol. The minimum atomic E-state index is -0.916. The highest BCUT2D eigenvalue weighted by atomic mass is 19.2. The third kappa shape index (κ3) is 3.10. The van der Waals surface area contributed by atoms with Crippen molar-refractivity contribution in [3.63, 3.8) is 0 Å². The lowest BCUT2D eigenvalue weighted by Crippen LogP contribution is -2.46. The Balaban J connectivity index is 2.30. The van der Waals surface area contributed by atoms with Crippen molar-refractivity contribution in [1.29, 1.82) is 0 Å². The molecule has 0 unspecified atom stereocenters. The lowest BCUT2D eigenvalue weighted by molar-refractivity contribution is -0.118. The van der Waals surface area contributed by atoms with E-state index in [4.69, 9.17) is 0 Å². The first-order valence-electron chi connectivity index (χ1n) is 6.61. The Hall–Kier alpha value is -1.49.